The Morgan fingerprint density at radius 3 is 2.10 bits per heavy atom. The zero-order valence-corrected chi connectivity index (χ0v) is 12.7. The molecule has 4 nitrogen and oxygen atoms in total. The van der Waals surface area contributed by atoms with Gasteiger partial charge in [0.25, 0.3) is 0 Å². The minimum Gasteiger partial charge on any atom is -0.300 e. The van der Waals surface area contributed by atoms with Crippen molar-refractivity contribution in [1.29, 1.82) is 0 Å². The lowest BCUT2D eigenvalue weighted by atomic mass is 10.2. The molecule has 3 fully saturated rings. The number of rotatable bonds is 2. The monoisotopic (exact) mass is 274 g/mol. The standard InChI is InChI=1S/C16H26N4/c1-17-8-10-19-11-9-18(2)16(17)20(13-12-19)14-15-6-4-3-5-7-15/h3-7,16H,8-14H2,1-2H3. The van der Waals surface area contributed by atoms with E-state index in [-0.39, 0.29) is 0 Å². The highest BCUT2D eigenvalue weighted by molar-refractivity contribution is 5.14. The molecule has 0 aliphatic carbocycles. The van der Waals surface area contributed by atoms with E-state index in [9.17, 15) is 0 Å². The maximum atomic E-state index is 2.61. The van der Waals surface area contributed by atoms with Gasteiger partial charge in [-0.1, -0.05) is 30.3 Å². The van der Waals surface area contributed by atoms with Gasteiger partial charge >= 0.3 is 0 Å². The molecular weight excluding hydrogens is 248 g/mol. The summed E-state index contributed by atoms with van der Waals surface area (Å²) in [7, 11) is 4.52. The number of fused-ring (bicyclic) bond motifs is 6. The van der Waals surface area contributed by atoms with E-state index in [2.05, 4.69) is 64.0 Å². The molecule has 110 valence electrons. The number of nitrogens with zero attached hydrogens (tertiary/aromatic N) is 4. The average Bonchev–Trinajstić information content (AvgIpc) is 2.43. The maximum absolute atomic E-state index is 2.61. The first-order valence-electron chi connectivity index (χ1n) is 7.65. The van der Waals surface area contributed by atoms with Crippen molar-refractivity contribution in [3.05, 3.63) is 35.9 Å². The van der Waals surface area contributed by atoms with Gasteiger partial charge in [-0.15, -0.1) is 0 Å². The molecule has 20 heavy (non-hydrogen) atoms. The third-order valence-corrected chi connectivity index (χ3v) is 4.58. The van der Waals surface area contributed by atoms with Crippen LogP contribution in [0.25, 0.3) is 0 Å². The largest absolute Gasteiger partial charge is 0.300 e. The molecule has 0 atom stereocenters. The van der Waals surface area contributed by atoms with Crippen molar-refractivity contribution >= 4 is 0 Å². The Morgan fingerprint density at radius 1 is 0.850 bits per heavy atom. The summed E-state index contributed by atoms with van der Waals surface area (Å²) < 4.78 is 0. The molecule has 3 aliphatic rings. The van der Waals surface area contributed by atoms with E-state index < -0.39 is 0 Å². The quantitative estimate of drug-likeness (QED) is 0.796. The van der Waals surface area contributed by atoms with E-state index in [1.54, 1.807) is 0 Å². The van der Waals surface area contributed by atoms with Crippen LogP contribution in [0, 0.1) is 0 Å². The zero-order valence-electron chi connectivity index (χ0n) is 12.7. The molecule has 0 radical (unpaired) electrons. The fraction of sp³-hybridized carbons (Fsp3) is 0.625. The SMILES string of the molecule is CN1CCN2CCN(C)C1N(Cc1ccccc1)CC2. The van der Waals surface area contributed by atoms with Crippen molar-refractivity contribution in [2.75, 3.05) is 53.4 Å². The maximum Gasteiger partial charge on any atom is 0.119 e. The van der Waals surface area contributed by atoms with Crippen molar-refractivity contribution in [2.45, 2.75) is 12.8 Å². The summed E-state index contributed by atoms with van der Waals surface area (Å²) in [6.07, 6.45) is 0.428. The Balaban J connectivity index is 1.80. The first kappa shape index (κ1) is 14.0. The highest BCUT2D eigenvalue weighted by Crippen LogP contribution is 2.18. The van der Waals surface area contributed by atoms with E-state index in [1.807, 2.05) is 0 Å². The van der Waals surface area contributed by atoms with Gasteiger partial charge in [0.2, 0.25) is 0 Å². The van der Waals surface area contributed by atoms with E-state index in [0.29, 0.717) is 6.29 Å². The molecule has 1 aromatic carbocycles. The van der Waals surface area contributed by atoms with Crippen molar-refractivity contribution in [3.63, 3.8) is 0 Å². The minimum atomic E-state index is 0.428. The molecule has 0 amide bonds. The third kappa shape index (κ3) is 3.04. The van der Waals surface area contributed by atoms with Crippen LogP contribution in [0.1, 0.15) is 5.56 Å². The van der Waals surface area contributed by atoms with E-state index in [4.69, 9.17) is 0 Å². The topological polar surface area (TPSA) is 13.0 Å². The third-order valence-electron chi connectivity index (χ3n) is 4.58. The fourth-order valence-electron chi connectivity index (χ4n) is 3.42. The van der Waals surface area contributed by atoms with Crippen LogP contribution in [0.2, 0.25) is 0 Å². The van der Waals surface area contributed by atoms with Crippen LogP contribution in [-0.4, -0.2) is 79.3 Å². The molecule has 0 saturated carbocycles. The van der Waals surface area contributed by atoms with Gasteiger partial charge in [-0.2, -0.15) is 0 Å². The van der Waals surface area contributed by atoms with E-state index >= 15 is 0 Å². The summed E-state index contributed by atoms with van der Waals surface area (Å²) in [6.45, 7) is 8.11. The second-order valence-electron chi connectivity index (χ2n) is 6.11. The van der Waals surface area contributed by atoms with Gasteiger partial charge in [-0.25, -0.2) is 0 Å². The van der Waals surface area contributed by atoms with Gasteiger partial charge in [0, 0.05) is 45.8 Å². The molecule has 2 bridgehead atoms. The smallest absolute Gasteiger partial charge is 0.119 e. The number of likely N-dealkylation sites (N-methyl/N-ethyl adjacent to an activating group) is 2. The molecule has 3 aliphatic heterocycles. The van der Waals surface area contributed by atoms with Crippen LogP contribution >= 0.6 is 0 Å². The van der Waals surface area contributed by atoms with Crippen molar-refractivity contribution in [1.82, 2.24) is 19.6 Å². The van der Waals surface area contributed by atoms with Crippen LogP contribution in [0.5, 0.6) is 0 Å². The van der Waals surface area contributed by atoms with Crippen LogP contribution in [0.4, 0.5) is 0 Å². The molecular formula is C16H26N4. The second-order valence-corrected chi connectivity index (χ2v) is 6.11. The molecule has 0 unspecified atom stereocenters. The van der Waals surface area contributed by atoms with Crippen LogP contribution in [0.15, 0.2) is 30.3 Å². The van der Waals surface area contributed by atoms with Gasteiger partial charge < -0.3 is 0 Å². The number of benzene rings is 1. The van der Waals surface area contributed by atoms with Gasteiger partial charge in [0.1, 0.15) is 6.29 Å². The molecule has 0 spiro atoms. The predicted octanol–water partition coefficient (Wildman–Crippen LogP) is 0.965. The van der Waals surface area contributed by atoms with Gasteiger partial charge in [-0.3, -0.25) is 19.6 Å². The van der Waals surface area contributed by atoms with E-state index in [1.165, 1.54) is 25.2 Å². The van der Waals surface area contributed by atoms with Crippen LogP contribution in [-0.2, 0) is 6.54 Å². The van der Waals surface area contributed by atoms with Crippen molar-refractivity contribution in [2.24, 2.45) is 0 Å². The Morgan fingerprint density at radius 2 is 1.45 bits per heavy atom. The summed E-state index contributed by atoms with van der Waals surface area (Å²) in [6, 6.07) is 10.8. The van der Waals surface area contributed by atoms with Gasteiger partial charge in [0.05, 0.1) is 0 Å². The number of hydrogen-bond donors (Lipinski definition) is 0. The Labute approximate surface area is 122 Å². The number of hydrogen-bond acceptors (Lipinski definition) is 4. The van der Waals surface area contributed by atoms with Gasteiger partial charge in [0.15, 0.2) is 0 Å². The summed E-state index contributed by atoms with van der Waals surface area (Å²) in [5.41, 5.74) is 1.41. The first-order valence-corrected chi connectivity index (χ1v) is 7.65. The van der Waals surface area contributed by atoms with Crippen LogP contribution in [0.3, 0.4) is 0 Å². The zero-order chi connectivity index (χ0) is 13.9. The molecule has 3 saturated heterocycles. The lowest BCUT2D eigenvalue weighted by Gasteiger charge is -2.49. The van der Waals surface area contributed by atoms with Gasteiger partial charge in [-0.05, 0) is 19.7 Å². The molecule has 1 aromatic rings. The Kier molecular flexibility index (Phi) is 4.36. The normalized spacial score (nSPS) is 29.9. The Hall–Kier alpha value is -0.940. The molecule has 3 heterocycles. The van der Waals surface area contributed by atoms with Crippen LogP contribution < -0.4 is 0 Å². The highest BCUT2D eigenvalue weighted by Gasteiger charge is 2.31. The molecule has 4 heteroatoms. The molecule has 0 aromatic heterocycles. The molecule has 4 rings (SSSR count). The van der Waals surface area contributed by atoms with E-state index in [0.717, 1.165) is 26.2 Å². The average molecular weight is 274 g/mol. The molecule has 0 N–H and O–H groups in total. The lowest BCUT2D eigenvalue weighted by Crippen LogP contribution is -2.63. The minimum absolute atomic E-state index is 0.428. The predicted molar refractivity (Wildman–Crippen MR) is 82.3 cm³/mol. The summed E-state index contributed by atoms with van der Waals surface area (Å²) in [5.74, 6) is 0. The summed E-state index contributed by atoms with van der Waals surface area (Å²) in [4.78, 5) is 10.2. The lowest BCUT2D eigenvalue weighted by molar-refractivity contribution is -0.0895. The summed E-state index contributed by atoms with van der Waals surface area (Å²) in [5, 5.41) is 0. The highest BCUT2D eigenvalue weighted by atomic mass is 15.5. The van der Waals surface area contributed by atoms with Crippen molar-refractivity contribution in [3.8, 4) is 0 Å². The van der Waals surface area contributed by atoms with Crippen molar-refractivity contribution < 1.29 is 0 Å². The first-order chi connectivity index (χ1) is 9.74. The Bertz CT molecular complexity index is 408. The fourth-order valence-corrected chi connectivity index (χ4v) is 3.42. The summed E-state index contributed by atoms with van der Waals surface area (Å²) >= 11 is 0. The second kappa shape index (κ2) is 6.22.